The number of sulfonamides is 1. The van der Waals surface area contributed by atoms with Gasteiger partial charge in [0.1, 0.15) is 11.0 Å². The van der Waals surface area contributed by atoms with Crippen LogP contribution in [0.15, 0.2) is 23.1 Å². The van der Waals surface area contributed by atoms with Gasteiger partial charge in [-0.05, 0) is 46.7 Å². The van der Waals surface area contributed by atoms with Gasteiger partial charge in [-0.25, -0.2) is 17.2 Å². The van der Waals surface area contributed by atoms with Crippen LogP contribution in [0.25, 0.3) is 0 Å². The van der Waals surface area contributed by atoms with Crippen LogP contribution in [0.3, 0.4) is 0 Å². The van der Waals surface area contributed by atoms with Gasteiger partial charge in [0.15, 0.2) is 5.69 Å². The van der Waals surface area contributed by atoms with E-state index in [-0.39, 0.29) is 33.1 Å². The molecule has 2 rings (SSSR count). The summed E-state index contributed by atoms with van der Waals surface area (Å²) >= 11 is 7.80. The number of hydrogen-bond acceptors (Lipinski definition) is 4. The minimum Gasteiger partial charge on any atom is -0.384 e. The molecule has 2 atom stereocenters. The van der Waals surface area contributed by atoms with Crippen molar-refractivity contribution in [1.29, 1.82) is 0 Å². The van der Waals surface area contributed by atoms with E-state index in [1.165, 1.54) is 27.1 Å². The van der Waals surface area contributed by atoms with E-state index in [4.69, 9.17) is 11.6 Å². The topological polar surface area (TPSA) is 75.4 Å². The molecular weight excluding hydrogens is 541 g/mol. The van der Waals surface area contributed by atoms with Crippen LogP contribution in [-0.2, 0) is 16.2 Å². The number of hydrogen-bond donors (Lipinski definition) is 1. The van der Waals surface area contributed by atoms with Crippen LogP contribution in [0.1, 0.15) is 28.6 Å². The zero-order chi connectivity index (χ0) is 20.7. The first-order valence-corrected chi connectivity index (χ1v) is 13.1. The van der Waals surface area contributed by atoms with Gasteiger partial charge in [0.25, 0.3) is 0 Å². The number of aliphatic hydroxyl groups excluding tert-OH is 1. The van der Waals surface area contributed by atoms with E-state index in [0.717, 1.165) is 20.9 Å². The average molecular weight is 556 g/mol. The number of halogens is 5. The minimum absolute atomic E-state index is 0.0279. The second-order valence-corrected chi connectivity index (χ2v) is 10.3. The van der Waals surface area contributed by atoms with Gasteiger partial charge in [-0.15, -0.1) is 0 Å². The summed E-state index contributed by atoms with van der Waals surface area (Å²) in [5, 5.41) is 14.2. The third-order valence-electron chi connectivity index (χ3n) is 3.76. The molecule has 2 unspecified atom stereocenters. The molecule has 150 valence electrons. The molecule has 0 amide bonds. The SMILES string of the molecule is Cc1nn(PI)c(C(F)(F)F)c1C(O)c1ccc(S(=O)(=O)N(C)C)c(Cl)c1. The van der Waals surface area contributed by atoms with Crippen LogP contribution in [0.4, 0.5) is 13.2 Å². The summed E-state index contributed by atoms with van der Waals surface area (Å²) in [6.07, 6.45) is -6.70. The third kappa shape index (κ3) is 4.43. The molecule has 0 saturated carbocycles. The van der Waals surface area contributed by atoms with Gasteiger partial charge in [0.05, 0.1) is 17.1 Å². The Kier molecular flexibility index (Phi) is 6.86. The van der Waals surface area contributed by atoms with E-state index < -0.39 is 28.0 Å². The molecule has 2 aromatic rings. The Bertz CT molecular complexity index is 966. The number of benzene rings is 1. The summed E-state index contributed by atoms with van der Waals surface area (Å²) in [5.41, 5.74) is -1.37. The number of aryl methyl sites for hydroxylation is 1. The van der Waals surface area contributed by atoms with Crippen LogP contribution < -0.4 is 0 Å². The summed E-state index contributed by atoms with van der Waals surface area (Å²) in [7, 11) is -1.18. The number of alkyl halides is 3. The number of nitrogens with zero attached hydrogens (tertiary/aromatic N) is 3. The van der Waals surface area contributed by atoms with Crippen molar-refractivity contribution in [3.63, 3.8) is 0 Å². The molecule has 1 aromatic heterocycles. The van der Waals surface area contributed by atoms with Crippen molar-refractivity contribution in [3.8, 4) is 0 Å². The van der Waals surface area contributed by atoms with Crippen LogP contribution in [0.5, 0.6) is 0 Å². The van der Waals surface area contributed by atoms with Crippen molar-refractivity contribution in [2.24, 2.45) is 0 Å². The Labute approximate surface area is 174 Å². The second-order valence-electron chi connectivity index (χ2n) is 5.72. The number of aliphatic hydroxyl groups is 1. The molecule has 1 heterocycles. The smallest absolute Gasteiger partial charge is 0.384 e. The maximum absolute atomic E-state index is 13.5. The molecular formula is C14H15ClF3IN3O3PS. The highest BCUT2D eigenvalue weighted by Crippen LogP contribution is 2.42. The van der Waals surface area contributed by atoms with Crippen molar-refractivity contribution < 1.29 is 26.7 Å². The van der Waals surface area contributed by atoms with Crippen molar-refractivity contribution in [1.82, 2.24) is 13.9 Å². The third-order valence-corrected chi connectivity index (χ3v) is 7.91. The molecule has 0 spiro atoms. The zero-order valence-electron chi connectivity index (χ0n) is 14.2. The van der Waals surface area contributed by atoms with Crippen molar-refractivity contribution in [2.75, 3.05) is 14.1 Å². The summed E-state index contributed by atoms with van der Waals surface area (Å²) in [6, 6.07) is 3.53. The van der Waals surface area contributed by atoms with Gasteiger partial charge in [-0.1, -0.05) is 17.7 Å². The van der Waals surface area contributed by atoms with Crippen LogP contribution >= 0.6 is 40.0 Å². The van der Waals surface area contributed by atoms with Gasteiger partial charge in [0.2, 0.25) is 10.0 Å². The number of rotatable bonds is 5. The van der Waals surface area contributed by atoms with Gasteiger partial charge in [-0.3, -0.25) is 0 Å². The fourth-order valence-electron chi connectivity index (χ4n) is 2.46. The van der Waals surface area contributed by atoms with E-state index in [1.807, 2.05) is 0 Å². The molecule has 0 bridgehead atoms. The lowest BCUT2D eigenvalue weighted by Crippen LogP contribution is -2.22. The second kappa shape index (κ2) is 8.11. The first kappa shape index (κ1) is 22.8. The van der Waals surface area contributed by atoms with Crippen LogP contribution in [0, 0.1) is 6.92 Å². The first-order chi connectivity index (χ1) is 12.3. The molecule has 0 aliphatic carbocycles. The molecule has 13 heteroatoms. The molecule has 1 N–H and O–H groups in total. The Morgan fingerprint density at radius 1 is 1.37 bits per heavy atom. The average Bonchev–Trinajstić information content (AvgIpc) is 2.90. The summed E-state index contributed by atoms with van der Waals surface area (Å²) in [5.74, 6) is 0. The molecule has 0 fully saturated rings. The van der Waals surface area contributed by atoms with Crippen LogP contribution in [0.2, 0.25) is 5.02 Å². The highest BCUT2D eigenvalue weighted by molar-refractivity contribution is 14.2. The quantitative estimate of drug-likeness (QED) is 0.447. The van der Waals surface area contributed by atoms with E-state index in [9.17, 15) is 26.7 Å². The highest BCUT2D eigenvalue weighted by atomic mass is 127. The van der Waals surface area contributed by atoms with E-state index in [0.29, 0.717) is 0 Å². The Morgan fingerprint density at radius 2 is 1.96 bits per heavy atom. The zero-order valence-corrected chi connectivity index (χ0v) is 18.9. The summed E-state index contributed by atoms with van der Waals surface area (Å²) < 4.78 is 66.6. The fraction of sp³-hybridized carbons (Fsp3) is 0.357. The van der Waals surface area contributed by atoms with Gasteiger partial charge in [0, 0.05) is 19.7 Å². The Morgan fingerprint density at radius 3 is 2.41 bits per heavy atom. The van der Waals surface area contributed by atoms with Crippen LogP contribution in [-0.4, -0.2) is 41.5 Å². The van der Waals surface area contributed by atoms with Crippen molar-refractivity contribution >= 4 is 50.0 Å². The maximum atomic E-state index is 13.5. The summed E-state index contributed by atoms with van der Waals surface area (Å²) in [6.45, 7) is 1.37. The Hall–Kier alpha value is -0.460. The Balaban J connectivity index is 2.59. The number of aromatic nitrogens is 2. The lowest BCUT2D eigenvalue weighted by Gasteiger charge is -2.18. The van der Waals surface area contributed by atoms with Gasteiger partial charge < -0.3 is 5.11 Å². The lowest BCUT2D eigenvalue weighted by atomic mass is 9.99. The van der Waals surface area contributed by atoms with Gasteiger partial charge >= 0.3 is 6.18 Å². The predicted octanol–water partition coefficient (Wildman–Crippen LogP) is 3.99. The van der Waals surface area contributed by atoms with Gasteiger partial charge in [-0.2, -0.15) is 18.3 Å². The molecule has 0 aliphatic rings. The van der Waals surface area contributed by atoms with E-state index >= 15 is 0 Å². The van der Waals surface area contributed by atoms with Crippen molar-refractivity contribution in [2.45, 2.75) is 24.1 Å². The minimum atomic E-state index is -4.71. The van der Waals surface area contributed by atoms with Crippen molar-refractivity contribution in [3.05, 3.63) is 45.7 Å². The monoisotopic (exact) mass is 555 g/mol. The largest absolute Gasteiger partial charge is 0.433 e. The molecule has 0 saturated heterocycles. The molecule has 0 aliphatic heterocycles. The molecule has 6 nitrogen and oxygen atoms in total. The predicted molar refractivity (Wildman–Crippen MR) is 106 cm³/mol. The van der Waals surface area contributed by atoms with E-state index in [2.05, 4.69) is 5.10 Å². The highest BCUT2D eigenvalue weighted by Gasteiger charge is 2.41. The summed E-state index contributed by atoms with van der Waals surface area (Å²) in [4.78, 5) is -0.206. The van der Waals surface area contributed by atoms with E-state index in [1.54, 1.807) is 22.0 Å². The normalized spacial score (nSPS) is 14.4. The molecule has 27 heavy (non-hydrogen) atoms. The maximum Gasteiger partial charge on any atom is 0.433 e. The first-order valence-electron chi connectivity index (χ1n) is 7.25. The standard InChI is InChI=1S/C14H15ClF3IN3O3PS/c1-7-11(13(14(16,17)18)22(20-7)26-19)12(23)8-4-5-10(9(15)6-8)27(24,25)21(2)3/h4-6,12,23,26H,1-3H3. The fourth-order valence-corrected chi connectivity index (χ4v) is 5.45. The lowest BCUT2D eigenvalue weighted by molar-refractivity contribution is -0.143. The molecule has 1 aromatic carbocycles. The molecule has 0 radical (unpaired) electrons.